The van der Waals surface area contributed by atoms with Crippen molar-refractivity contribution in [1.82, 2.24) is 0 Å². The monoisotopic (exact) mass is 409 g/mol. The molecular weight excluding hydrogens is 371 g/mol. The summed E-state index contributed by atoms with van der Waals surface area (Å²) in [4.78, 5) is 10.8. The summed E-state index contributed by atoms with van der Waals surface area (Å²) < 4.78 is 0.219. The molecular formula is C23H37OSe-. The average Bonchev–Trinajstić information content (AvgIpc) is 2.62. The topological polar surface area (TPSA) is 17.1 Å². The number of unbranched alkanes of at least 4 members (excludes halogenated alkanes) is 13. The maximum atomic E-state index is 10.8. The van der Waals surface area contributed by atoms with Gasteiger partial charge < -0.3 is 0 Å². The van der Waals surface area contributed by atoms with E-state index in [2.05, 4.69) is 46.3 Å². The maximum absolute atomic E-state index is 10.8. The van der Waals surface area contributed by atoms with Crippen LogP contribution in [-0.4, -0.2) is 20.7 Å². The second-order valence-corrected chi connectivity index (χ2v) is 8.26. The minimum Gasteiger partial charge on any atom is -0.0622 e. The van der Waals surface area contributed by atoms with Gasteiger partial charge in [-0.25, -0.2) is 0 Å². The molecule has 0 atom stereocenters. The molecule has 0 bridgehead atoms. The Bertz CT molecular complexity index is 415. The first-order valence-corrected chi connectivity index (χ1v) is 11.4. The van der Waals surface area contributed by atoms with Crippen LogP contribution in [0.4, 0.5) is 0 Å². The van der Waals surface area contributed by atoms with Crippen LogP contribution in [0.2, 0.25) is 0 Å². The fourth-order valence-electron chi connectivity index (χ4n) is 3.36. The number of rotatable bonds is 17. The number of hydrogen-bond acceptors (Lipinski definition) is 1. The van der Waals surface area contributed by atoms with Crippen molar-refractivity contribution in [2.24, 2.45) is 0 Å². The quantitative estimate of drug-likeness (QED) is 0.205. The van der Waals surface area contributed by atoms with Crippen LogP contribution < -0.4 is 0 Å². The van der Waals surface area contributed by atoms with Crippen molar-refractivity contribution >= 4 is 20.7 Å². The van der Waals surface area contributed by atoms with Gasteiger partial charge >= 0.3 is 96.1 Å². The SMILES string of the molecule is O=C([Se-])CCCCCCCCCCCCCCCCc1ccccc1. The molecule has 1 nitrogen and oxygen atoms in total. The van der Waals surface area contributed by atoms with Crippen molar-refractivity contribution in [3.8, 4) is 0 Å². The molecule has 0 heterocycles. The zero-order chi connectivity index (χ0) is 18.0. The smallest absolute Gasteiger partial charge is 0.0622 e. The molecule has 1 aromatic rings. The van der Waals surface area contributed by atoms with Gasteiger partial charge in [-0.3, -0.25) is 0 Å². The Hall–Kier alpha value is -0.591. The van der Waals surface area contributed by atoms with E-state index in [0.717, 1.165) is 12.8 Å². The minimum absolute atomic E-state index is 0.219. The molecule has 142 valence electrons. The standard InChI is InChI=1S/C23H38OSe/c24-23(25)21-17-12-10-8-6-4-2-1-3-5-7-9-11-14-18-22-19-15-13-16-20-22/h13,15-16,19-20H,1-12,14,17-18,21H2,(H,24,25)/p-1. The van der Waals surface area contributed by atoms with Crippen LogP contribution >= 0.6 is 0 Å². The van der Waals surface area contributed by atoms with Gasteiger partial charge in [0.2, 0.25) is 0 Å². The van der Waals surface area contributed by atoms with Gasteiger partial charge in [0.25, 0.3) is 0 Å². The van der Waals surface area contributed by atoms with Crippen LogP contribution in [0.3, 0.4) is 0 Å². The van der Waals surface area contributed by atoms with Crippen molar-refractivity contribution in [3.05, 3.63) is 35.9 Å². The minimum atomic E-state index is 0.219. The Morgan fingerprint density at radius 1 is 0.600 bits per heavy atom. The number of aryl methyl sites for hydroxylation is 1. The van der Waals surface area contributed by atoms with Crippen LogP contribution in [-0.2, 0) is 11.2 Å². The van der Waals surface area contributed by atoms with Gasteiger partial charge in [-0.1, -0.05) is 49.6 Å². The molecule has 0 aliphatic heterocycles. The third-order valence-electron chi connectivity index (χ3n) is 4.94. The third kappa shape index (κ3) is 15.4. The van der Waals surface area contributed by atoms with Gasteiger partial charge in [-0.05, 0) is 18.4 Å². The summed E-state index contributed by atoms with van der Waals surface area (Å²) in [6, 6.07) is 10.9. The second-order valence-electron chi connectivity index (χ2n) is 7.31. The number of carbonyl (C=O) groups excluding carboxylic acids is 1. The van der Waals surface area contributed by atoms with E-state index in [1.54, 1.807) is 0 Å². The zero-order valence-electron chi connectivity index (χ0n) is 16.0. The summed E-state index contributed by atoms with van der Waals surface area (Å²) in [5.41, 5.74) is 1.49. The number of carbonyl (C=O) groups is 1. The van der Waals surface area contributed by atoms with Gasteiger partial charge in [0.15, 0.2) is 0 Å². The average molecular weight is 409 g/mol. The number of benzene rings is 1. The molecule has 0 saturated heterocycles. The summed E-state index contributed by atoms with van der Waals surface area (Å²) in [7, 11) is 0. The third-order valence-corrected chi connectivity index (χ3v) is 5.37. The first-order valence-electron chi connectivity index (χ1n) is 10.5. The fourth-order valence-corrected chi connectivity index (χ4v) is 3.67. The van der Waals surface area contributed by atoms with Gasteiger partial charge in [-0.2, -0.15) is 0 Å². The summed E-state index contributed by atoms with van der Waals surface area (Å²) in [6.07, 6.45) is 20.9. The molecule has 0 N–H and O–H groups in total. The van der Waals surface area contributed by atoms with Gasteiger partial charge in [-0.15, -0.1) is 0 Å². The van der Waals surface area contributed by atoms with E-state index in [-0.39, 0.29) is 4.68 Å². The zero-order valence-corrected chi connectivity index (χ0v) is 17.7. The van der Waals surface area contributed by atoms with Crippen molar-refractivity contribution in [1.29, 1.82) is 0 Å². The van der Waals surface area contributed by atoms with Crippen LogP contribution in [0.15, 0.2) is 30.3 Å². The fraction of sp³-hybridized carbons (Fsp3) is 0.696. The summed E-state index contributed by atoms with van der Waals surface area (Å²) >= 11 is 2.56. The summed E-state index contributed by atoms with van der Waals surface area (Å²) in [5, 5.41) is 0. The Balaban J connectivity index is 1.71. The molecule has 2 heteroatoms. The molecule has 0 amide bonds. The van der Waals surface area contributed by atoms with Gasteiger partial charge in [0, 0.05) is 0 Å². The van der Waals surface area contributed by atoms with Crippen LogP contribution in [0, 0.1) is 0 Å². The van der Waals surface area contributed by atoms with Gasteiger partial charge in [0.1, 0.15) is 0 Å². The molecule has 0 aliphatic carbocycles. The van der Waals surface area contributed by atoms with Crippen molar-refractivity contribution in [3.63, 3.8) is 0 Å². The van der Waals surface area contributed by atoms with Gasteiger partial charge in [0.05, 0.1) is 0 Å². The van der Waals surface area contributed by atoms with E-state index < -0.39 is 0 Å². The van der Waals surface area contributed by atoms with E-state index in [4.69, 9.17) is 0 Å². The molecule has 0 aliphatic rings. The van der Waals surface area contributed by atoms with Crippen LogP contribution in [0.25, 0.3) is 0 Å². The normalized spacial score (nSPS) is 10.9. The molecule has 0 unspecified atom stereocenters. The van der Waals surface area contributed by atoms with E-state index in [0.29, 0.717) is 0 Å². The predicted octanol–water partition coefficient (Wildman–Crippen LogP) is 6.78. The molecule has 1 aromatic carbocycles. The second kappa shape index (κ2) is 16.9. The van der Waals surface area contributed by atoms with E-state index >= 15 is 0 Å². The Morgan fingerprint density at radius 2 is 1.00 bits per heavy atom. The molecule has 1 rings (SSSR count). The molecule has 0 saturated carbocycles. The number of hydrogen-bond donors (Lipinski definition) is 0. The Kier molecular flexibility index (Phi) is 15.1. The van der Waals surface area contributed by atoms with Crippen molar-refractivity contribution in [2.75, 3.05) is 0 Å². The van der Waals surface area contributed by atoms with E-state index in [1.807, 2.05) is 0 Å². The molecule has 25 heavy (non-hydrogen) atoms. The first kappa shape index (κ1) is 22.5. The van der Waals surface area contributed by atoms with Crippen molar-refractivity contribution in [2.45, 2.75) is 103 Å². The van der Waals surface area contributed by atoms with Crippen LogP contribution in [0.1, 0.15) is 102 Å². The Labute approximate surface area is 164 Å². The summed E-state index contributed by atoms with van der Waals surface area (Å²) in [6.45, 7) is 0. The molecule has 0 spiro atoms. The van der Waals surface area contributed by atoms with E-state index in [9.17, 15) is 4.79 Å². The van der Waals surface area contributed by atoms with E-state index in [1.165, 1.54) is 95.5 Å². The first-order chi connectivity index (χ1) is 12.3. The predicted molar refractivity (Wildman–Crippen MR) is 110 cm³/mol. The Morgan fingerprint density at radius 3 is 1.44 bits per heavy atom. The van der Waals surface area contributed by atoms with Crippen LogP contribution in [0.5, 0.6) is 0 Å². The molecule has 0 radical (unpaired) electrons. The molecule has 0 fully saturated rings. The van der Waals surface area contributed by atoms with Crippen molar-refractivity contribution < 1.29 is 4.79 Å². The summed E-state index contributed by atoms with van der Waals surface area (Å²) in [5.74, 6) is 0. The molecule has 0 aromatic heterocycles.